The number of hydrogen-bond donors (Lipinski definition) is 1. The number of fused-ring (bicyclic) bond motifs is 1. The smallest absolute Gasteiger partial charge is 0.0398 e. The van der Waals surface area contributed by atoms with E-state index in [9.17, 15) is 0 Å². The van der Waals surface area contributed by atoms with E-state index in [1.54, 1.807) is 11.3 Å². The van der Waals surface area contributed by atoms with Gasteiger partial charge < -0.3 is 5.32 Å². The summed E-state index contributed by atoms with van der Waals surface area (Å²) in [7, 11) is 0. The summed E-state index contributed by atoms with van der Waals surface area (Å²) >= 11 is 1.78. The third-order valence-corrected chi connectivity index (χ3v) is 4.50. The van der Waals surface area contributed by atoms with Gasteiger partial charge in [-0.25, -0.2) is 0 Å². The van der Waals surface area contributed by atoms with E-state index in [-0.39, 0.29) is 0 Å². The Morgan fingerprint density at radius 3 is 2.57 bits per heavy atom. The molecule has 0 aliphatic carbocycles. The summed E-state index contributed by atoms with van der Waals surface area (Å²) in [6.07, 6.45) is 6.16. The molecule has 0 aliphatic rings. The lowest BCUT2D eigenvalue weighted by molar-refractivity contribution is 1.57. The monoisotopic (exact) mass is 291 g/mol. The Hall–Kier alpha value is -2.32. The second kappa shape index (κ2) is 5.98. The first-order valence-corrected chi connectivity index (χ1v) is 7.77. The second-order valence-electron chi connectivity index (χ2n) is 4.79. The molecule has 0 amide bonds. The molecule has 0 bridgehead atoms. The molecule has 0 atom stereocenters. The van der Waals surface area contributed by atoms with E-state index in [1.807, 2.05) is 31.2 Å². The topological polar surface area (TPSA) is 12.0 Å². The standard InChI is InChI=1S/C19H17NS/c1-3-8-16-17-12-11-15(13-19(17)21-18(16)4-2)20-14-9-6-5-7-10-14/h3-13,20H,2H2,1H3/b8-3-. The van der Waals surface area contributed by atoms with E-state index >= 15 is 0 Å². The molecule has 1 N–H and O–H groups in total. The molecule has 2 heteroatoms. The summed E-state index contributed by atoms with van der Waals surface area (Å²) in [6.45, 7) is 5.96. The fourth-order valence-electron chi connectivity index (χ4n) is 2.39. The molecule has 1 heterocycles. The van der Waals surface area contributed by atoms with Crippen LogP contribution in [-0.2, 0) is 0 Å². The summed E-state index contributed by atoms with van der Waals surface area (Å²) < 4.78 is 1.28. The van der Waals surface area contributed by atoms with Crippen molar-refractivity contribution >= 4 is 44.9 Å². The van der Waals surface area contributed by atoms with Crippen LogP contribution in [0.1, 0.15) is 17.4 Å². The van der Waals surface area contributed by atoms with Gasteiger partial charge in [0.2, 0.25) is 0 Å². The van der Waals surface area contributed by atoms with Gasteiger partial charge in [-0.15, -0.1) is 11.3 Å². The van der Waals surface area contributed by atoms with Gasteiger partial charge in [0, 0.05) is 26.3 Å². The predicted octanol–water partition coefficient (Wildman–Crippen LogP) is 6.32. The van der Waals surface area contributed by atoms with Gasteiger partial charge in [-0.2, -0.15) is 0 Å². The van der Waals surface area contributed by atoms with Crippen LogP contribution in [0.25, 0.3) is 22.2 Å². The van der Waals surface area contributed by atoms with Gasteiger partial charge in [0.05, 0.1) is 0 Å². The normalized spacial score (nSPS) is 11.1. The predicted molar refractivity (Wildman–Crippen MR) is 96.3 cm³/mol. The van der Waals surface area contributed by atoms with E-state index in [1.165, 1.54) is 20.5 Å². The van der Waals surface area contributed by atoms with E-state index < -0.39 is 0 Å². The highest BCUT2D eigenvalue weighted by Gasteiger charge is 2.08. The minimum Gasteiger partial charge on any atom is -0.355 e. The molecule has 3 aromatic rings. The summed E-state index contributed by atoms with van der Waals surface area (Å²) in [4.78, 5) is 1.22. The molecular weight excluding hydrogens is 274 g/mol. The number of benzene rings is 2. The first-order valence-electron chi connectivity index (χ1n) is 6.95. The van der Waals surface area contributed by atoms with Crippen molar-refractivity contribution in [2.45, 2.75) is 6.92 Å². The van der Waals surface area contributed by atoms with Crippen molar-refractivity contribution < 1.29 is 0 Å². The molecule has 0 fully saturated rings. The molecule has 21 heavy (non-hydrogen) atoms. The lowest BCUT2D eigenvalue weighted by Crippen LogP contribution is -1.88. The van der Waals surface area contributed by atoms with Crippen LogP contribution in [-0.4, -0.2) is 0 Å². The Morgan fingerprint density at radius 2 is 1.86 bits per heavy atom. The third-order valence-electron chi connectivity index (χ3n) is 3.34. The zero-order valence-electron chi connectivity index (χ0n) is 12.0. The maximum absolute atomic E-state index is 3.92. The first kappa shape index (κ1) is 13.7. The molecule has 3 rings (SSSR count). The van der Waals surface area contributed by atoms with E-state index in [0.29, 0.717) is 0 Å². The third kappa shape index (κ3) is 2.76. The summed E-state index contributed by atoms with van der Waals surface area (Å²) in [5.74, 6) is 0. The number of allylic oxidation sites excluding steroid dienone is 1. The first-order chi connectivity index (χ1) is 10.3. The average Bonchev–Trinajstić information content (AvgIpc) is 2.86. The van der Waals surface area contributed by atoms with Crippen LogP contribution >= 0.6 is 11.3 Å². The number of nitrogens with one attached hydrogen (secondary N) is 1. The van der Waals surface area contributed by atoms with Gasteiger partial charge >= 0.3 is 0 Å². The highest BCUT2D eigenvalue weighted by atomic mass is 32.1. The van der Waals surface area contributed by atoms with E-state index in [4.69, 9.17) is 0 Å². The molecule has 0 spiro atoms. The van der Waals surface area contributed by atoms with Crippen molar-refractivity contribution in [1.29, 1.82) is 0 Å². The number of rotatable bonds is 4. The minimum atomic E-state index is 1.10. The number of thiophene rings is 1. The largest absolute Gasteiger partial charge is 0.355 e. The van der Waals surface area contributed by atoms with Gasteiger partial charge in [-0.05, 0) is 36.8 Å². The lowest BCUT2D eigenvalue weighted by atomic mass is 10.1. The van der Waals surface area contributed by atoms with Gasteiger partial charge in [-0.1, -0.05) is 49.1 Å². The zero-order valence-corrected chi connectivity index (χ0v) is 12.8. The highest BCUT2D eigenvalue weighted by Crippen LogP contribution is 2.35. The Morgan fingerprint density at radius 1 is 1.05 bits per heavy atom. The fourth-order valence-corrected chi connectivity index (χ4v) is 3.47. The van der Waals surface area contributed by atoms with Crippen LogP contribution in [0.5, 0.6) is 0 Å². The molecule has 0 radical (unpaired) electrons. The second-order valence-corrected chi connectivity index (χ2v) is 5.87. The molecule has 0 saturated heterocycles. The molecule has 2 aromatic carbocycles. The minimum absolute atomic E-state index is 1.10. The van der Waals surface area contributed by atoms with Gasteiger partial charge in [0.1, 0.15) is 0 Å². The van der Waals surface area contributed by atoms with Gasteiger partial charge in [0.25, 0.3) is 0 Å². The van der Waals surface area contributed by atoms with Crippen LogP contribution < -0.4 is 5.32 Å². The summed E-state index contributed by atoms with van der Waals surface area (Å²) in [5.41, 5.74) is 3.47. The van der Waals surface area contributed by atoms with Crippen molar-refractivity contribution in [3.05, 3.63) is 71.6 Å². The molecular formula is C19H17NS. The molecule has 1 aromatic heterocycles. The van der Waals surface area contributed by atoms with E-state index in [2.05, 4.69) is 54.4 Å². The van der Waals surface area contributed by atoms with Gasteiger partial charge in [0.15, 0.2) is 0 Å². The van der Waals surface area contributed by atoms with Crippen molar-refractivity contribution in [3.63, 3.8) is 0 Å². The van der Waals surface area contributed by atoms with Crippen LogP contribution in [0, 0.1) is 0 Å². The molecule has 0 saturated carbocycles. The van der Waals surface area contributed by atoms with Crippen molar-refractivity contribution in [3.8, 4) is 0 Å². The van der Waals surface area contributed by atoms with Crippen LogP contribution in [0.2, 0.25) is 0 Å². The summed E-state index contributed by atoms with van der Waals surface area (Å²) in [5, 5.41) is 4.72. The molecule has 1 nitrogen and oxygen atoms in total. The number of anilines is 2. The molecule has 104 valence electrons. The van der Waals surface area contributed by atoms with E-state index in [0.717, 1.165) is 11.4 Å². The lowest BCUT2D eigenvalue weighted by Gasteiger charge is -2.06. The summed E-state index contributed by atoms with van der Waals surface area (Å²) in [6, 6.07) is 16.7. The number of para-hydroxylation sites is 1. The molecule has 0 aliphatic heterocycles. The zero-order chi connectivity index (χ0) is 14.7. The van der Waals surface area contributed by atoms with Crippen molar-refractivity contribution in [2.24, 2.45) is 0 Å². The quantitative estimate of drug-likeness (QED) is 0.593. The Labute approximate surface area is 129 Å². The maximum Gasteiger partial charge on any atom is 0.0398 e. The van der Waals surface area contributed by atoms with Crippen molar-refractivity contribution in [1.82, 2.24) is 0 Å². The van der Waals surface area contributed by atoms with Crippen molar-refractivity contribution in [2.75, 3.05) is 5.32 Å². The molecule has 0 unspecified atom stereocenters. The Balaban J connectivity index is 2.03. The average molecular weight is 291 g/mol. The fraction of sp³-hybridized carbons (Fsp3) is 0.0526. The Kier molecular flexibility index (Phi) is 3.89. The highest BCUT2D eigenvalue weighted by molar-refractivity contribution is 7.20. The SMILES string of the molecule is C=Cc1sc2cc(Nc3ccccc3)ccc2c1/C=C\C. The van der Waals surface area contributed by atoms with Crippen LogP contribution in [0.15, 0.2) is 61.2 Å². The van der Waals surface area contributed by atoms with Crippen LogP contribution in [0.3, 0.4) is 0 Å². The van der Waals surface area contributed by atoms with Crippen LogP contribution in [0.4, 0.5) is 11.4 Å². The Bertz CT molecular complexity index is 797. The maximum atomic E-state index is 3.92. The number of hydrogen-bond acceptors (Lipinski definition) is 2. The van der Waals surface area contributed by atoms with Gasteiger partial charge in [-0.3, -0.25) is 0 Å².